The first-order valence-electron chi connectivity index (χ1n) is 11.5. The Hall–Kier alpha value is -3.96. The molecular weight excluding hydrogens is 497 g/mol. The molecule has 196 valence electrons. The molecule has 0 saturated carbocycles. The molecule has 1 atom stereocenters. The molecule has 2 heterocycles. The molecule has 1 fully saturated rings. The number of hydrogen-bond donors (Lipinski definition) is 2. The first kappa shape index (κ1) is 26.1. The van der Waals surface area contributed by atoms with Gasteiger partial charge in [-0.15, -0.1) is 0 Å². The predicted octanol–water partition coefficient (Wildman–Crippen LogP) is 6.60. The number of nitrogens with zero attached hydrogens (tertiary/aromatic N) is 3. The lowest BCUT2D eigenvalue weighted by atomic mass is 9.98. The molecule has 12 heteroatoms. The molecule has 0 bridgehead atoms. The zero-order chi connectivity index (χ0) is 26.6. The molecular formula is C25H24F5N5O2. The Kier molecular flexibility index (Phi) is 7.74. The van der Waals surface area contributed by atoms with Crippen LogP contribution in [0.15, 0.2) is 54.9 Å². The molecule has 0 aliphatic carbocycles. The Morgan fingerprint density at radius 1 is 1.08 bits per heavy atom. The molecule has 1 saturated heterocycles. The van der Waals surface area contributed by atoms with Crippen LogP contribution >= 0.6 is 0 Å². The van der Waals surface area contributed by atoms with Crippen molar-refractivity contribution < 1.29 is 31.5 Å². The lowest BCUT2D eigenvalue weighted by Crippen LogP contribution is -2.46. The zero-order valence-electron chi connectivity index (χ0n) is 19.7. The topological polar surface area (TPSA) is 79.4 Å². The van der Waals surface area contributed by atoms with E-state index in [1.54, 1.807) is 49.6 Å². The first-order chi connectivity index (χ1) is 17.6. The number of carbonyl (C=O) groups is 1. The molecule has 2 amide bonds. The summed E-state index contributed by atoms with van der Waals surface area (Å²) in [6.45, 7) is -1.23. The second-order valence-electron chi connectivity index (χ2n) is 8.61. The summed E-state index contributed by atoms with van der Waals surface area (Å²) in [5, 5.41) is 5.73. The van der Waals surface area contributed by atoms with Crippen LogP contribution in [-0.2, 0) is 0 Å². The van der Waals surface area contributed by atoms with E-state index >= 15 is 0 Å². The van der Waals surface area contributed by atoms with Crippen LogP contribution in [0.2, 0.25) is 0 Å². The van der Waals surface area contributed by atoms with Gasteiger partial charge in [-0.2, -0.15) is 22.0 Å². The Morgan fingerprint density at radius 3 is 2.43 bits per heavy atom. The summed E-state index contributed by atoms with van der Waals surface area (Å²) in [6, 6.07) is 10.6. The molecule has 1 aliphatic rings. The quantitative estimate of drug-likeness (QED) is 0.357. The van der Waals surface area contributed by atoms with E-state index in [1.807, 2.05) is 0 Å². The summed E-state index contributed by atoms with van der Waals surface area (Å²) >= 11 is 0. The van der Waals surface area contributed by atoms with E-state index in [4.69, 9.17) is 0 Å². The van der Waals surface area contributed by atoms with Crippen LogP contribution in [0, 0.1) is 12.8 Å². The maximum Gasteiger partial charge on any atom is 0.393 e. The lowest BCUT2D eigenvalue weighted by Gasteiger charge is -2.33. The number of urea groups is 1. The van der Waals surface area contributed by atoms with Crippen molar-refractivity contribution in [1.29, 1.82) is 0 Å². The molecule has 4 rings (SSSR count). The lowest BCUT2D eigenvalue weighted by molar-refractivity contribution is -0.183. The van der Waals surface area contributed by atoms with Gasteiger partial charge in [0.1, 0.15) is 5.75 Å². The molecule has 2 aromatic carbocycles. The van der Waals surface area contributed by atoms with E-state index in [1.165, 1.54) is 17.0 Å². The van der Waals surface area contributed by atoms with Crippen LogP contribution in [0.3, 0.4) is 0 Å². The van der Waals surface area contributed by atoms with Gasteiger partial charge in [0.25, 0.3) is 0 Å². The number of carbonyl (C=O) groups excluding carboxylic acids is 1. The molecule has 7 nitrogen and oxygen atoms in total. The normalized spacial score (nSPS) is 16.0. The number of likely N-dealkylation sites (tertiary alicyclic amines) is 1. The van der Waals surface area contributed by atoms with Crippen LogP contribution < -0.4 is 15.4 Å². The van der Waals surface area contributed by atoms with Gasteiger partial charge in [0.05, 0.1) is 5.92 Å². The number of benzene rings is 2. The third-order valence-corrected chi connectivity index (χ3v) is 5.97. The fraction of sp³-hybridized carbons (Fsp3) is 0.320. The molecule has 3 aromatic rings. The number of aryl methyl sites for hydroxylation is 1. The highest BCUT2D eigenvalue weighted by Crippen LogP contribution is 2.33. The molecule has 1 aliphatic heterocycles. The van der Waals surface area contributed by atoms with Crippen LogP contribution in [0.25, 0.3) is 11.1 Å². The molecule has 2 N–H and O–H groups in total. The summed E-state index contributed by atoms with van der Waals surface area (Å²) in [5.41, 5.74) is 3.11. The van der Waals surface area contributed by atoms with Gasteiger partial charge in [0.2, 0.25) is 5.95 Å². The van der Waals surface area contributed by atoms with Crippen LogP contribution in [0.4, 0.5) is 44.1 Å². The van der Waals surface area contributed by atoms with E-state index in [9.17, 15) is 26.7 Å². The van der Waals surface area contributed by atoms with Gasteiger partial charge in [0, 0.05) is 42.4 Å². The fourth-order valence-corrected chi connectivity index (χ4v) is 3.96. The molecule has 0 spiro atoms. The number of hydrogen-bond acceptors (Lipinski definition) is 5. The molecule has 1 aromatic heterocycles. The summed E-state index contributed by atoms with van der Waals surface area (Å²) in [5.74, 6) is -1.21. The second kappa shape index (κ2) is 11.0. The zero-order valence-corrected chi connectivity index (χ0v) is 19.7. The van der Waals surface area contributed by atoms with Crippen LogP contribution in [0.5, 0.6) is 5.75 Å². The SMILES string of the molecule is Cc1ccc(Nc2ncc(-c3ccc(OC(F)F)cc3)cn2)cc1NC(=O)N1CCCC(C(F)(F)F)C1. The molecule has 37 heavy (non-hydrogen) atoms. The van der Waals surface area contributed by atoms with Crippen molar-refractivity contribution in [3.63, 3.8) is 0 Å². The van der Waals surface area contributed by atoms with Gasteiger partial charge >= 0.3 is 18.8 Å². The molecule has 1 unspecified atom stereocenters. The average molecular weight is 521 g/mol. The predicted molar refractivity (Wildman–Crippen MR) is 128 cm³/mol. The van der Waals surface area contributed by atoms with Crippen molar-refractivity contribution in [1.82, 2.24) is 14.9 Å². The average Bonchev–Trinajstić information content (AvgIpc) is 2.86. The van der Waals surface area contributed by atoms with Crippen molar-refractivity contribution >= 4 is 23.4 Å². The number of aromatic nitrogens is 2. The highest BCUT2D eigenvalue weighted by Gasteiger charge is 2.42. The minimum absolute atomic E-state index is 0.0168. The number of halogens is 5. The van der Waals surface area contributed by atoms with Gasteiger partial charge in [-0.25, -0.2) is 14.8 Å². The van der Waals surface area contributed by atoms with Crippen molar-refractivity contribution in [2.75, 3.05) is 23.7 Å². The van der Waals surface area contributed by atoms with Gasteiger partial charge < -0.3 is 20.3 Å². The van der Waals surface area contributed by atoms with E-state index in [-0.39, 0.29) is 31.2 Å². The Balaban J connectivity index is 1.40. The number of rotatable bonds is 6. The third kappa shape index (κ3) is 6.83. The van der Waals surface area contributed by atoms with Crippen molar-refractivity contribution in [3.05, 3.63) is 60.4 Å². The van der Waals surface area contributed by atoms with Gasteiger partial charge in [-0.05, 0) is 55.2 Å². The highest BCUT2D eigenvalue weighted by atomic mass is 19.4. The van der Waals surface area contributed by atoms with Crippen LogP contribution in [-0.4, -0.2) is 46.8 Å². The smallest absolute Gasteiger partial charge is 0.393 e. The Bertz CT molecular complexity index is 1220. The maximum absolute atomic E-state index is 13.1. The van der Waals surface area contributed by atoms with Gasteiger partial charge in [0.15, 0.2) is 0 Å². The molecule has 0 radical (unpaired) electrons. The number of anilines is 3. The van der Waals surface area contributed by atoms with Crippen molar-refractivity contribution in [2.45, 2.75) is 32.6 Å². The minimum Gasteiger partial charge on any atom is -0.435 e. The number of piperidine rings is 1. The van der Waals surface area contributed by atoms with Crippen LogP contribution in [0.1, 0.15) is 18.4 Å². The number of alkyl halides is 5. The summed E-state index contributed by atoms with van der Waals surface area (Å²) in [6.07, 6.45) is -0.909. The monoisotopic (exact) mass is 521 g/mol. The Labute approximate surface area is 209 Å². The third-order valence-electron chi connectivity index (χ3n) is 5.97. The van der Waals surface area contributed by atoms with E-state index < -0.39 is 24.7 Å². The minimum atomic E-state index is -4.33. The van der Waals surface area contributed by atoms with Gasteiger partial charge in [-0.1, -0.05) is 18.2 Å². The number of nitrogens with one attached hydrogen (secondary N) is 2. The van der Waals surface area contributed by atoms with Crippen molar-refractivity contribution in [2.24, 2.45) is 5.92 Å². The van der Waals surface area contributed by atoms with Gasteiger partial charge in [-0.3, -0.25) is 0 Å². The largest absolute Gasteiger partial charge is 0.435 e. The van der Waals surface area contributed by atoms with E-state index in [2.05, 4.69) is 25.3 Å². The first-order valence-corrected chi connectivity index (χ1v) is 11.5. The Morgan fingerprint density at radius 2 is 1.78 bits per heavy atom. The van der Waals surface area contributed by atoms with E-state index in [0.29, 0.717) is 28.9 Å². The van der Waals surface area contributed by atoms with E-state index in [0.717, 1.165) is 5.56 Å². The summed E-state index contributed by atoms with van der Waals surface area (Å²) < 4.78 is 68.2. The summed E-state index contributed by atoms with van der Waals surface area (Å²) in [4.78, 5) is 22.4. The highest BCUT2D eigenvalue weighted by molar-refractivity contribution is 5.91. The van der Waals surface area contributed by atoms with Crippen molar-refractivity contribution in [3.8, 4) is 16.9 Å². The number of amides is 2. The maximum atomic E-state index is 13.1. The summed E-state index contributed by atoms with van der Waals surface area (Å²) in [7, 11) is 0. The fourth-order valence-electron chi connectivity index (χ4n) is 3.96. The standard InChI is InChI=1S/C25H24F5N5O2/c1-15-4-7-19(11-21(15)34-24(36)35-10-2-3-18(14-35)25(28,29)30)33-23-31-12-17(13-32-23)16-5-8-20(9-6-16)37-22(26)27/h4-9,11-13,18,22H,2-3,10,14H2,1H3,(H,34,36)(H,31,32,33). The number of ether oxygens (including phenoxy) is 1. The second-order valence-corrected chi connectivity index (χ2v) is 8.61.